The Bertz CT molecular complexity index is 887. The molecule has 3 fully saturated rings. The molecule has 0 amide bonds. The molecule has 4 aliphatic rings. The van der Waals surface area contributed by atoms with E-state index in [0.717, 1.165) is 51.4 Å². The molecule has 1 aromatic rings. The average molecular weight is 397 g/mol. The van der Waals surface area contributed by atoms with Crippen LogP contribution in [0.1, 0.15) is 93.1 Å². The fourth-order valence-electron chi connectivity index (χ4n) is 7.37. The van der Waals surface area contributed by atoms with Crippen LogP contribution >= 0.6 is 0 Å². The summed E-state index contributed by atoms with van der Waals surface area (Å²) in [6.45, 7) is 6.42. The number of rotatable bonds is 1. The number of carboxylic acid groups (broad SMARTS) is 1. The summed E-state index contributed by atoms with van der Waals surface area (Å²) < 4.78 is 6.31. The quantitative estimate of drug-likeness (QED) is 0.651. The van der Waals surface area contributed by atoms with Gasteiger partial charge in [0.05, 0.1) is 11.0 Å². The van der Waals surface area contributed by atoms with Gasteiger partial charge in [0.15, 0.2) is 0 Å². The Labute approximate surface area is 173 Å². The van der Waals surface area contributed by atoms with Crippen molar-refractivity contribution in [1.82, 2.24) is 0 Å². The van der Waals surface area contributed by atoms with Crippen LogP contribution in [0.25, 0.3) is 0 Å². The van der Waals surface area contributed by atoms with Gasteiger partial charge in [-0.2, -0.15) is 0 Å². The largest absolute Gasteiger partial charge is 0.478 e. The first kappa shape index (κ1) is 19.1. The lowest BCUT2D eigenvalue weighted by Gasteiger charge is -2.56. The lowest BCUT2D eigenvalue weighted by Crippen LogP contribution is -2.56. The molecule has 1 N–H and O–H groups in total. The molecule has 4 nitrogen and oxygen atoms in total. The van der Waals surface area contributed by atoms with Crippen LogP contribution in [0.5, 0.6) is 0 Å². The predicted octanol–water partition coefficient (Wildman–Crippen LogP) is 5.34. The number of hydrogen-bond acceptors (Lipinski definition) is 3. The number of carbonyl (C=O) groups excluding carboxylic acids is 1. The van der Waals surface area contributed by atoms with E-state index in [0.29, 0.717) is 23.3 Å². The minimum Gasteiger partial charge on any atom is -0.478 e. The minimum absolute atomic E-state index is 0.0112. The second-order valence-electron chi connectivity index (χ2n) is 10.9. The van der Waals surface area contributed by atoms with Gasteiger partial charge in [0.2, 0.25) is 0 Å². The summed E-state index contributed by atoms with van der Waals surface area (Å²) >= 11 is 0. The van der Waals surface area contributed by atoms with Crippen LogP contribution in [0.3, 0.4) is 0 Å². The van der Waals surface area contributed by atoms with Gasteiger partial charge in [-0.15, -0.1) is 0 Å². The van der Waals surface area contributed by atoms with Crippen molar-refractivity contribution in [2.75, 3.05) is 0 Å². The molecule has 0 radical (unpaired) electrons. The first-order valence-corrected chi connectivity index (χ1v) is 11.3. The molecule has 0 unspecified atom stereocenters. The highest BCUT2D eigenvalue weighted by Gasteiger charge is 2.65. The molecule has 1 aliphatic heterocycles. The molecular weight excluding hydrogens is 364 g/mol. The van der Waals surface area contributed by atoms with Gasteiger partial charge >= 0.3 is 11.9 Å². The number of hydrogen-bond donors (Lipinski definition) is 1. The summed E-state index contributed by atoms with van der Waals surface area (Å²) in [6.07, 6.45) is 8.35. The number of carboxylic acids is 1. The molecule has 29 heavy (non-hydrogen) atoms. The number of ether oxygens (including phenoxy) is 1. The highest BCUT2D eigenvalue weighted by atomic mass is 16.6. The van der Waals surface area contributed by atoms with Crippen molar-refractivity contribution in [3.8, 4) is 0 Å². The van der Waals surface area contributed by atoms with Crippen molar-refractivity contribution in [1.29, 1.82) is 0 Å². The molecule has 0 bridgehead atoms. The molecule has 4 heteroatoms. The third kappa shape index (κ3) is 2.56. The zero-order valence-electron chi connectivity index (χ0n) is 17.8. The maximum absolute atomic E-state index is 12.8. The summed E-state index contributed by atoms with van der Waals surface area (Å²) in [7, 11) is 0. The fourth-order valence-corrected chi connectivity index (χ4v) is 7.37. The van der Waals surface area contributed by atoms with E-state index < -0.39 is 5.97 Å². The molecule has 1 heterocycles. The van der Waals surface area contributed by atoms with Crippen molar-refractivity contribution in [2.24, 2.45) is 22.7 Å². The number of aryl methyl sites for hydroxylation is 1. The van der Waals surface area contributed by atoms with Crippen molar-refractivity contribution < 1.29 is 19.4 Å². The van der Waals surface area contributed by atoms with Gasteiger partial charge in [-0.3, -0.25) is 4.79 Å². The summed E-state index contributed by atoms with van der Waals surface area (Å²) in [5.74, 6) is 0.868. The van der Waals surface area contributed by atoms with Gasteiger partial charge < -0.3 is 9.84 Å². The number of fused-ring (bicyclic) bond motifs is 6. The normalized spacial score (nSPS) is 40.0. The van der Waals surface area contributed by atoms with Crippen LogP contribution in [0.15, 0.2) is 18.2 Å². The molecule has 0 aromatic heterocycles. The number of esters is 1. The lowest BCUT2D eigenvalue weighted by atomic mass is 9.52. The number of aromatic carboxylic acids is 1. The molecule has 1 aromatic carbocycles. The Morgan fingerprint density at radius 2 is 1.86 bits per heavy atom. The second kappa shape index (κ2) is 6.09. The van der Waals surface area contributed by atoms with E-state index >= 15 is 0 Å². The average Bonchev–Trinajstić information content (AvgIpc) is 2.97. The molecule has 5 atom stereocenters. The van der Waals surface area contributed by atoms with E-state index in [-0.39, 0.29) is 22.4 Å². The van der Waals surface area contributed by atoms with Gasteiger partial charge in [0.1, 0.15) is 5.60 Å². The van der Waals surface area contributed by atoms with E-state index in [2.05, 4.69) is 13.0 Å². The lowest BCUT2D eigenvalue weighted by molar-refractivity contribution is -0.206. The Morgan fingerprint density at radius 1 is 1.07 bits per heavy atom. The zero-order chi connectivity index (χ0) is 20.6. The Morgan fingerprint density at radius 3 is 2.59 bits per heavy atom. The monoisotopic (exact) mass is 396 g/mol. The van der Waals surface area contributed by atoms with Gasteiger partial charge in [-0.1, -0.05) is 13.0 Å². The molecule has 5 rings (SSSR count). The van der Waals surface area contributed by atoms with Crippen LogP contribution in [0.4, 0.5) is 0 Å². The Kier molecular flexibility index (Phi) is 4.02. The smallest absolute Gasteiger partial charge is 0.335 e. The van der Waals surface area contributed by atoms with Gasteiger partial charge in [-0.05, 0) is 106 Å². The van der Waals surface area contributed by atoms with Crippen LogP contribution in [0, 0.1) is 22.7 Å². The third-order valence-electron chi connectivity index (χ3n) is 9.26. The SMILES string of the molecule is CC1(C)CC[C@@]2(CC[C@H]3[C@@H]4CCc5cc(C(=O)O)ccc5[C@H]4CC[C@@]32C)OC1=O. The number of carbonyl (C=O) groups is 2. The zero-order valence-corrected chi connectivity index (χ0v) is 17.8. The fraction of sp³-hybridized carbons (Fsp3) is 0.680. The molecule has 2 saturated carbocycles. The predicted molar refractivity (Wildman–Crippen MR) is 110 cm³/mol. The topological polar surface area (TPSA) is 63.6 Å². The summed E-state index contributed by atoms with van der Waals surface area (Å²) in [5, 5.41) is 9.33. The van der Waals surface area contributed by atoms with Crippen molar-refractivity contribution in [2.45, 2.75) is 83.7 Å². The first-order chi connectivity index (χ1) is 13.7. The molecule has 1 saturated heterocycles. The van der Waals surface area contributed by atoms with Crippen LogP contribution in [0.2, 0.25) is 0 Å². The first-order valence-electron chi connectivity index (χ1n) is 11.3. The second-order valence-corrected chi connectivity index (χ2v) is 10.9. The van der Waals surface area contributed by atoms with Crippen molar-refractivity contribution in [3.63, 3.8) is 0 Å². The Hall–Kier alpha value is -1.84. The molecule has 156 valence electrons. The third-order valence-corrected chi connectivity index (χ3v) is 9.26. The van der Waals surface area contributed by atoms with E-state index in [9.17, 15) is 14.7 Å². The highest BCUT2D eigenvalue weighted by molar-refractivity contribution is 5.88. The van der Waals surface area contributed by atoms with E-state index in [4.69, 9.17) is 4.74 Å². The van der Waals surface area contributed by atoms with Crippen molar-refractivity contribution in [3.05, 3.63) is 34.9 Å². The van der Waals surface area contributed by atoms with Crippen LogP contribution in [-0.4, -0.2) is 22.6 Å². The summed E-state index contributed by atoms with van der Waals surface area (Å²) in [6, 6.07) is 5.74. The van der Waals surface area contributed by atoms with E-state index in [1.807, 2.05) is 19.9 Å². The van der Waals surface area contributed by atoms with E-state index in [1.165, 1.54) is 11.1 Å². The van der Waals surface area contributed by atoms with Crippen LogP contribution < -0.4 is 0 Å². The standard InChI is InChI=1S/C25H32O4/c1-23(2)12-13-25(29-22(23)28)11-9-20-19-7-4-15-14-16(21(26)27)5-6-17(15)18(19)8-10-24(20,25)3/h5-6,14,18-20H,4,7-13H2,1-3H3,(H,26,27)/t18-,19-,20+,24+,25-/m1/s1. The molecule has 3 aliphatic carbocycles. The van der Waals surface area contributed by atoms with Crippen LogP contribution in [-0.2, 0) is 16.0 Å². The van der Waals surface area contributed by atoms with Gasteiger partial charge in [-0.25, -0.2) is 4.79 Å². The maximum Gasteiger partial charge on any atom is 0.335 e. The number of benzene rings is 1. The maximum atomic E-state index is 12.8. The van der Waals surface area contributed by atoms with Gasteiger partial charge in [0.25, 0.3) is 0 Å². The minimum atomic E-state index is -0.842. The summed E-state index contributed by atoms with van der Waals surface area (Å²) in [5.41, 5.74) is 2.44. The van der Waals surface area contributed by atoms with Crippen molar-refractivity contribution >= 4 is 11.9 Å². The highest BCUT2D eigenvalue weighted by Crippen LogP contribution is 2.67. The van der Waals surface area contributed by atoms with E-state index in [1.54, 1.807) is 6.07 Å². The Balaban J connectivity index is 1.45. The molecule has 1 spiro atoms. The molecular formula is C25H32O4. The summed E-state index contributed by atoms with van der Waals surface area (Å²) in [4.78, 5) is 24.1. The van der Waals surface area contributed by atoms with Gasteiger partial charge in [0, 0.05) is 5.41 Å².